The van der Waals surface area contributed by atoms with Gasteiger partial charge in [-0.1, -0.05) is 54.1 Å². The van der Waals surface area contributed by atoms with Crippen LogP contribution in [-0.2, 0) is 9.84 Å². The molecule has 0 saturated heterocycles. The van der Waals surface area contributed by atoms with Gasteiger partial charge < -0.3 is 11.1 Å². The van der Waals surface area contributed by atoms with Crippen molar-refractivity contribution in [2.24, 2.45) is 0 Å². The van der Waals surface area contributed by atoms with Crippen molar-refractivity contribution < 1.29 is 8.42 Å². The number of hydrogen-bond acceptors (Lipinski definition) is 7. The van der Waals surface area contributed by atoms with Crippen LogP contribution in [0.25, 0.3) is 27.6 Å². The molecular weight excluding hydrogens is 522 g/mol. The van der Waals surface area contributed by atoms with Gasteiger partial charge in [-0.2, -0.15) is 4.98 Å². The lowest BCUT2D eigenvalue weighted by atomic mass is 10.1. The highest BCUT2D eigenvalue weighted by molar-refractivity contribution is 7.90. The maximum Gasteiger partial charge on any atom is 0.264 e. The van der Waals surface area contributed by atoms with E-state index in [1.165, 1.54) is 12.1 Å². The standard InChI is InChI=1S/C28H24ClN5O3S/c1-17(32-26-22(16-31-28(30)33-26)18-11-13-21(14-12-18)38(2,36)37)24-15-19-7-6-10-23(29)25(19)27(35)34(24)20-8-4-3-5-9-20/h3-17H,1-2H3,(H3,30,31,32,33)/t17-/m0/s1. The fraction of sp³-hybridized carbons (Fsp3) is 0.107. The summed E-state index contributed by atoms with van der Waals surface area (Å²) in [7, 11) is -3.34. The van der Waals surface area contributed by atoms with Crippen LogP contribution in [0.15, 0.2) is 94.7 Å². The van der Waals surface area contributed by atoms with Crippen LogP contribution in [0.2, 0.25) is 5.02 Å². The molecule has 0 aliphatic heterocycles. The Hall–Kier alpha value is -4.21. The van der Waals surface area contributed by atoms with Crippen molar-refractivity contribution in [2.75, 3.05) is 17.3 Å². The van der Waals surface area contributed by atoms with Gasteiger partial charge >= 0.3 is 0 Å². The number of pyridine rings is 1. The molecule has 0 unspecified atom stereocenters. The molecule has 0 spiro atoms. The van der Waals surface area contributed by atoms with Gasteiger partial charge in [-0.25, -0.2) is 13.4 Å². The number of para-hydroxylation sites is 1. The molecule has 192 valence electrons. The number of nitrogens with two attached hydrogens (primary N) is 1. The second-order valence-electron chi connectivity index (χ2n) is 8.90. The lowest BCUT2D eigenvalue weighted by Crippen LogP contribution is -2.26. The number of nitrogens with zero attached hydrogens (tertiary/aromatic N) is 3. The summed E-state index contributed by atoms with van der Waals surface area (Å²) >= 11 is 6.43. The van der Waals surface area contributed by atoms with Gasteiger partial charge in [0.05, 0.1) is 21.3 Å². The zero-order chi connectivity index (χ0) is 27.0. The second kappa shape index (κ2) is 9.92. The number of nitrogen functional groups attached to an aromatic ring is 1. The molecule has 0 amide bonds. The number of anilines is 2. The SMILES string of the molecule is C[C@H](Nc1nc(N)ncc1-c1ccc(S(C)(=O)=O)cc1)c1cc2cccc(Cl)c2c(=O)n1-c1ccccc1. The van der Waals surface area contributed by atoms with Gasteiger partial charge in [0.2, 0.25) is 5.95 Å². The molecule has 5 rings (SSSR count). The third-order valence-corrected chi connectivity index (χ3v) is 7.68. The van der Waals surface area contributed by atoms with Crippen LogP contribution in [0.5, 0.6) is 0 Å². The smallest absolute Gasteiger partial charge is 0.264 e. The molecule has 38 heavy (non-hydrogen) atoms. The molecule has 0 fully saturated rings. The Morgan fingerprint density at radius 3 is 2.39 bits per heavy atom. The molecule has 0 aliphatic carbocycles. The summed E-state index contributed by atoms with van der Waals surface area (Å²) in [6.45, 7) is 1.92. The zero-order valence-corrected chi connectivity index (χ0v) is 22.2. The van der Waals surface area contributed by atoms with E-state index in [1.54, 1.807) is 29.0 Å². The first-order valence-electron chi connectivity index (χ1n) is 11.7. The van der Waals surface area contributed by atoms with Crippen LogP contribution in [-0.4, -0.2) is 29.2 Å². The van der Waals surface area contributed by atoms with E-state index in [-0.39, 0.29) is 16.4 Å². The normalized spacial score (nSPS) is 12.4. The highest BCUT2D eigenvalue weighted by Crippen LogP contribution is 2.32. The molecule has 0 radical (unpaired) electrons. The quantitative estimate of drug-likeness (QED) is 0.298. The van der Waals surface area contributed by atoms with E-state index >= 15 is 0 Å². The summed E-state index contributed by atoms with van der Waals surface area (Å²) in [6, 6.07) is 22.7. The summed E-state index contributed by atoms with van der Waals surface area (Å²) in [5, 5.41) is 4.92. The largest absolute Gasteiger partial charge is 0.368 e. The Morgan fingerprint density at radius 1 is 1.00 bits per heavy atom. The van der Waals surface area contributed by atoms with Crippen LogP contribution < -0.4 is 16.6 Å². The molecular formula is C28H24ClN5O3S. The predicted molar refractivity (Wildman–Crippen MR) is 152 cm³/mol. The van der Waals surface area contributed by atoms with Crippen LogP contribution in [0.1, 0.15) is 18.7 Å². The minimum absolute atomic E-state index is 0.0712. The van der Waals surface area contributed by atoms with E-state index in [2.05, 4.69) is 15.3 Å². The molecule has 3 N–H and O–H groups in total. The van der Waals surface area contributed by atoms with E-state index in [9.17, 15) is 13.2 Å². The fourth-order valence-electron chi connectivity index (χ4n) is 4.38. The van der Waals surface area contributed by atoms with Gasteiger partial charge in [0.15, 0.2) is 9.84 Å². The molecule has 3 aromatic carbocycles. The zero-order valence-electron chi connectivity index (χ0n) is 20.6. The minimum atomic E-state index is -3.34. The maximum absolute atomic E-state index is 13.7. The van der Waals surface area contributed by atoms with Crippen molar-refractivity contribution in [3.8, 4) is 16.8 Å². The summed E-state index contributed by atoms with van der Waals surface area (Å²) in [5.41, 5.74) is 8.41. The Labute approximate surface area is 224 Å². The van der Waals surface area contributed by atoms with Crippen LogP contribution in [0.4, 0.5) is 11.8 Å². The Balaban J connectivity index is 1.63. The van der Waals surface area contributed by atoms with E-state index in [0.29, 0.717) is 38.7 Å². The van der Waals surface area contributed by atoms with Crippen LogP contribution >= 0.6 is 11.6 Å². The van der Waals surface area contributed by atoms with Gasteiger partial charge in [0.1, 0.15) is 5.82 Å². The summed E-state index contributed by atoms with van der Waals surface area (Å²) < 4.78 is 25.4. The van der Waals surface area contributed by atoms with E-state index < -0.39 is 15.9 Å². The van der Waals surface area contributed by atoms with Gasteiger partial charge in [-0.05, 0) is 54.3 Å². The van der Waals surface area contributed by atoms with Crippen molar-refractivity contribution in [3.63, 3.8) is 0 Å². The molecule has 0 bridgehead atoms. The first-order chi connectivity index (χ1) is 18.1. The number of halogens is 1. The van der Waals surface area contributed by atoms with Crippen molar-refractivity contribution in [1.29, 1.82) is 0 Å². The van der Waals surface area contributed by atoms with Crippen molar-refractivity contribution in [3.05, 3.63) is 106 Å². The average molecular weight is 546 g/mol. The molecule has 8 nitrogen and oxygen atoms in total. The van der Waals surface area contributed by atoms with E-state index in [4.69, 9.17) is 17.3 Å². The lowest BCUT2D eigenvalue weighted by molar-refractivity contribution is 0.602. The molecule has 1 atom stereocenters. The first-order valence-corrected chi connectivity index (χ1v) is 14.0. The minimum Gasteiger partial charge on any atom is -0.368 e. The van der Waals surface area contributed by atoms with Gasteiger partial charge in [0, 0.05) is 29.4 Å². The third-order valence-electron chi connectivity index (χ3n) is 6.24. The Morgan fingerprint density at radius 2 is 1.71 bits per heavy atom. The highest BCUT2D eigenvalue weighted by atomic mass is 35.5. The van der Waals surface area contributed by atoms with E-state index in [0.717, 1.165) is 11.6 Å². The van der Waals surface area contributed by atoms with Gasteiger partial charge in [-0.3, -0.25) is 9.36 Å². The Bertz CT molecular complexity index is 1820. The third kappa shape index (κ3) is 4.85. The Kier molecular flexibility index (Phi) is 6.64. The number of fused-ring (bicyclic) bond motifs is 1. The molecule has 0 saturated carbocycles. The van der Waals surface area contributed by atoms with Crippen LogP contribution in [0, 0.1) is 0 Å². The maximum atomic E-state index is 13.7. The van der Waals surface area contributed by atoms with E-state index in [1.807, 2.05) is 55.5 Å². The number of benzene rings is 3. The molecule has 2 aromatic heterocycles. The fourth-order valence-corrected chi connectivity index (χ4v) is 5.27. The second-order valence-corrected chi connectivity index (χ2v) is 11.3. The number of aromatic nitrogens is 3. The van der Waals surface area contributed by atoms with Gasteiger partial charge in [0.25, 0.3) is 5.56 Å². The molecule has 5 aromatic rings. The summed E-state index contributed by atoms with van der Waals surface area (Å²) in [5.74, 6) is 0.511. The topological polar surface area (TPSA) is 120 Å². The average Bonchev–Trinajstić information content (AvgIpc) is 2.88. The number of sulfone groups is 1. The van der Waals surface area contributed by atoms with Gasteiger partial charge in [-0.15, -0.1) is 0 Å². The summed E-state index contributed by atoms with van der Waals surface area (Å²) in [4.78, 5) is 22.5. The number of nitrogens with one attached hydrogen (secondary N) is 1. The van der Waals surface area contributed by atoms with Crippen molar-refractivity contribution in [1.82, 2.24) is 14.5 Å². The first kappa shape index (κ1) is 25.4. The van der Waals surface area contributed by atoms with Crippen molar-refractivity contribution >= 4 is 44.0 Å². The predicted octanol–water partition coefficient (Wildman–Crippen LogP) is 5.26. The lowest BCUT2D eigenvalue weighted by Gasteiger charge is -2.22. The van der Waals surface area contributed by atoms with Crippen LogP contribution in [0.3, 0.4) is 0 Å². The van der Waals surface area contributed by atoms with Crippen molar-refractivity contribution in [2.45, 2.75) is 17.9 Å². The molecule has 10 heteroatoms. The monoisotopic (exact) mass is 545 g/mol. The number of hydrogen-bond donors (Lipinski definition) is 2. The molecule has 0 aliphatic rings. The highest BCUT2D eigenvalue weighted by Gasteiger charge is 2.20. The molecule has 2 heterocycles. The number of rotatable bonds is 6. The summed E-state index contributed by atoms with van der Waals surface area (Å²) in [6.07, 6.45) is 2.74.